The van der Waals surface area contributed by atoms with Crippen LogP contribution in [0, 0.1) is 13.8 Å². The molecule has 2 aromatic heterocycles. The second-order valence-corrected chi connectivity index (χ2v) is 12.1. The van der Waals surface area contributed by atoms with Crippen LogP contribution < -0.4 is 4.90 Å². The van der Waals surface area contributed by atoms with E-state index in [1.165, 1.54) is 11.3 Å². The number of carbonyl (C=O) groups excluding carboxylic acids is 1. The zero-order chi connectivity index (χ0) is 24.5. The Kier molecular flexibility index (Phi) is 6.81. The summed E-state index contributed by atoms with van der Waals surface area (Å²) in [6, 6.07) is 16.3. The molecular weight excluding hydrogens is 466 g/mol. The molecule has 2 heterocycles. The number of amides is 1. The molecule has 0 bridgehead atoms. The van der Waals surface area contributed by atoms with Crippen LogP contribution in [0.25, 0.3) is 10.2 Å². The first-order chi connectivity index (χ1) is 16.2. The number of aromatic nitrogens is 2. The number of hydrogen-bond donors (Lipinski definition) is 0. The number of benzene rings is 2. The Balaban J connectivity index is 1.65. The van der Waals surface area contributed by atoms with E-state index >= 15 is 0 Å². The Morgan fingerprint density at radius 3 is 2.41 bits per heavy atom. The molecule has 0 aliphatic heterocycles. The zero-order valence-corrected chi connectivity index (χ0v) is 21.3. The molecule has 0 aliphatic carbocycles. The van der Waals surface area contributed by atoms with Gasteiger partial charge in [-0.05, 0) is 74.7 Å². The van der Waals surface area contributed by atoms with Crippen LogP contribution >= 0.6 is 11.3 Å². The average Bonchev–Trinajstić information content (AvgIpc) is 3.25. The van der Waals surface area contributed by atoms with Crippen molar-refractivity contribution >= 4 is 42.4 Å². The van der Waals surface area contributed by atoms with Crippen molar-refractivity contribution in [3.8, 4) is 0 Å². The van der Waals surface area contributed by atoms with Gasteiger partial charge in [0.1, 0.15) is 0 Å². The number of aryl methyl sites for hydroxylation is 2. The first kappa shape index (κ1) is 24.0. The number of carbonyl (C=O) groups is 1. The minimum Gasteiger partial charge on any atom is -0.282 e. The zero-order valence-electron chi connectivity index (χ0n) is 19.6. The van der Waals surface area contributed by atoms with E-state index in [9.17, 15) is 13.2 Å². The van der Waals surface area contributed by atoms with Crippen molar-refractivity contribution < 1.29 is 13.2 Å². The summed E-state index contributed by atoms with van der Waals surface area (Å²) in [5.74, 6) is -0.126. The number of pyridine rings is 1. The molecule has 0 aliphatic rings. The molecule has 34 heavy (non-hydrogen) atoms. The Morgan fingerprint density at radius 1 is 1.03 bits per heavy atom. The Labute approximate surface area is 204 Å². The molecule has 2 aromatic carbocycles. The molecule has 0 saturated carbocycles. The molecule has 0 radical (unpaired) electrons. The van der Waals surface area contributed by atoms with E-state index in [2.05, 4.69) is 11.1 Å². The molecule has 0 spiro atoms. The van der Waals surface area contributed by atoms with Crippen molar-refractivity contribution in [3.05, 3.63) is 83.2 Å². The summed E-state index contributed by atoms with van der Waals surface area (Å²) in [5.41, 5.74) is 4.67. The molecular formula is C26H27N3O3S2. The third-order valence-electron chi connectivity index (χ3n) is 5.88. The number of anilines is 1. The summed E-state index contributed by atoms with van der Waals surface area (Å²) in [5, 5.41) is 0.123. The fourth-order valence-corrected chi connectivity index (χ4v) is 5.69. The van der Waals surface area contributed by atoms with Crippen LogP contribution in [-0.2, 0) is 27.6 Å². The summed E-state index contributed by atoms with van der Waals surface area (Å²) in [4.78, 5) is 24.6. The molecule has 0 unspecified atom stereocenters. The van der Waals surface area contributed by atoms with Gasteiger partial charge in [0, 0.05) is 6.20 Å². The van der Waals surface area contributed by atoms with Crippen molar-refractivity contribution in [2.75, 3.05) is 4.90 Å². The summed E-state index contributed by atoms with van der Waals surface area (Å²) in [6.45, 7) is 7.71. The van der Waals surface area contributed by atoms with Gasteiger partial charge in [-0.15, -0.1) is 0 Å². The first-order valence-corrected chi connectivity index (χ1v) is 13.4. The van der Waals surface area contributed by atoms with Crippen LogP contribution in [0.4, 0.5) is 5.13 Å². The minimum absolute atomic E-state index is 0.126. The summed E-state index contributed by atoms with van der Waals surface area (Å²) >= 11 is 1.48. The maximum absolute atomic E-state index is 13.5. The normalized spacial score (nSPS) is 11.8. The summed E-state index contributed by atoms with van der Waals surface area (Å²) < 4.78 is 25.8. The molecule has 4 aromatic rings. The molecule has 8 heteroatoms. The average molecular weight is 494 g/mol. The van der Waals surface area contributed by atoms with Crippen LogP contribution in [0.5, 0.6) is 0 Å². The van der Waals surface area contributed by atoms with E-state index < -0.39 is 15.1 Å². The van der Waals surface area contributed by atoms with E-state index in [0.717, 1.165) is 32.6 Å². The van der Waals surface area contributed by atoms with E-state index in [-0.39, 0.29) is 17.2 Å². The van der Waals surface area contributed by atoms with Gasteiger partial charge in [0.25, 0.3) is 0 Å². The molecule has 176 valence electrons. The van der Waals surface area contributed by atoms with Gasteiger partial charge >= 0.3 is 0 Å². The Hall–Kier alpha value is -3.10. The van der Waals surface area contributed by atoms with Gasteiger partial charge in [-0.1, -0.05) is 35.6 Å². The molecule has 1 amide bonds. The Bertz CT molecular complexity index is 1430. The Morgan fingerprint density at radius 2 is 1.76 bits per heavy atom. The van der Waals surface area contributed by atoms with Gasteiger partial charge < -0.3 is 0 Å². The molecule has 0 N–H and O–H groups in total. The fourth-order valence-electron chi connectivity index (χ4n) is 3.59. The predicted octanol–water partition coefficient (Wildman–Crippen LogP) is 5.27. The summed E-state index contributed by atoms with van der Waals surface area (Å²) in [7, 11) is -3.36. The monoisotopic (exact) mass is 493 g/mol. The maximum Gasteiger partial charge on any atom is 0.233 e. The minimum atomic E-state index is -3.36. The summed E-state index contributed by atoms with van der Waals surface area (Å²) in [6.07, 6.45) is 1.83. The van der Waals surface area contributed by atoms with Crippen molar-refractivity contribution in [2.45, 2.75) is 50.8 Å². The molecule has 0 atom stereocenters. The van der Waals surface area contributed by atoms with Crippen LogP contribution in [0.2, 0.25) is 0 Å². The number of nitrogens with zero attached hydrogens (tertiary/aromatic N) is 3. The van der Waals surface area contributed by atoms with E-state index in [1.807, 2.05) is 38.1 Å². The van der Waals surface area contributed by atoms with Crippen molar-refractivity contribution in [1.82, 2.24) is 9.97 Å². The highest BCUT2D eigenvalue weighted by atomic mass is 32.2. The van der Waals surface area contributed by atoms with Crippen molar-refractivity contribution in [2.24, 2.45) is 0 Å². The lowest BCUT2D eigenvalue weighted by Gasteiger charge is -2.20. The van der Waals surface area contributed by atoms with Gasteiger partial charge in [0.15, 0.2) is 15.0 Å². The van der Waals surface area contributed by atoms with E-state index in [1.54, 1.807) is 49.2 Å². The largest absolute Gasteiger partial charge is 0.282 e. The highest BCUT2D eigenvalue weighted by molar-refractivity contribution is 7.92. The lowest BCUT2D eigenvalue weighted by atomic mass is 10.1. The van der Waals surface area contributed by atoms with Crippen molar-refractivity contribution in [1.29, 1.82) is 0 Å². The number of sulfone groups is 1. The van der Waals surface area contributed by atoms with Gasteiger partial charge in [-0.25, -0.2) is 13.4 Å². The number of thiazole rings is 1. The van der Waals surface area contributed by atoms with Crippen LogP contribution in [0.1, 0.15) is 36.2 Å². The second kappa shape index (κ2) is 9.64. The van der Waals surface area contributed by atoms with Crippen molar-refractivity contribution in [3.63, 3.8) is 0 Å². The SMILES string of the molecule is Cc1ccc2sc(N(Cc3ccccn3)C(=O)Cc3ccc(S(=O)(=O)C(C)C)cc3)nc2c1C. The van der Waals surface area contributed by atoms with E-state index in [4.69, 9.17) is 4.98 Å². The van der Waals surface area contributed by atoms with Gasteiger partial charge in [-0.2, -0.15) is 0 Å². The van der Waals surface area contributed by atoms with E-state index in [0.29, 0.717) is 11.7 Å². The lowest BCUT2D eigenvalue weighted by Crippen LogP contribution is -2.32. The fraction of sp³-hybridized carbons (Fsp3) is 0.269. The quantitative estimate of drug-likeness (QED) is 0.351. The van der Waals surface area contributed by atoms with Crippen LogP contribution in [0.15, 0.2) is 65.7 Å². The predicted molar refractivity (Wildman–Crippen MR) is 137 cm³/mol. The molecule has 0 saturated heterocycles. The number of fused-ring (bicyclic) bond motifs is 1. The van der Waals surface area contributed by atoms with Gasteiger partial charge in [0.2, 0.25) is 5.91 Å². The smallest absolute Gasteiger partial charge is 0.233 e. The topological polar surface area (TPSA) is 80.2 Å². The van der Waals surface area contributed by atoms with Gasteiger partial charge in [-0.3, -0.25) is 14.7 Å². The maximum atomic E-state index is 13.5. The van der Waals surface area contributed by atoms with Crippen LogP contribution in [-0.4, -0.2) is 29.5 Å². The third kappa shape index (κ3) is 4.88. The number of rotatable bonds is 7. The molecule has 0 fully saturated rings. The highest BCUT2D eigenvalue weighted by Gasteiger charge is 2.23. The third-order valence-corrected chi connectivity index (χ3v) is 9.09. The van der Waals surface area contributed by atoms with Gasteiger partial charge in [0.05, 0.1) is 39.0 Å². The first-order valence-electron chi connectivity index (χ1n) is 11.1. The lowest BCUT2D eigenvalue weighted by molar-refractivity contribution is -0.118. The van der Waals surface area contributed by atoms with Crippen LogP contribution in [0.3, 0.4) is 0 Å². The number of hydrogen-bond acceptors (Lipinski definition) is 6. The molecule has 6 nitrogen and oxygen atoms in total. The highest BCUT2D eigenvalue weighted by Crippen LogP contribution is 2.33. The standard InChI is InChI=1S/C26H27N3O3S2/c1-17(2)34(31,32)22-11-9-20(10-12-22)15-24(30)29(16-21-7-5-6-14-27-21)26-28-25-19(4)18(3)8-13-23(25)33-26/h5-14,17H,15-16H2,1-4H3. The second-order valence-electron chi connectivity index (χ2n) is 8.57. The molecule has 4 rings (SSSR count).